The zero-order chi connectivity index (χ0) is 15.1. The lowest BCUT2D eigenvalue weighted by Gasteiger charge is -2.09. The summed E-state index contributed by atoms with van der Waals surface area (Å²) in [5.74, 6) is 1.72. The van der Waals surface area contributed by atoms with E-state index >= 15 is 0 Å². The molecule has 0 spiro atoms. The van der Waals surface area contributed by atoms with E-state index in [1.54, 1.807) is 0 Å². The summed E-state index contributed by atoms with van der Waals surface area (Å²) >= 11 is 0. The Hall–Kier alpha value is -2.01. The molecule has 112 valence electrons. The Morgan fingerprint density at radius 3 is 2.43 bits per heavy atom. The molecule has 0 saturated carbocycles. The lowest BCUT2D eigenvalue weighted by Crippen LogP contribution is -2.09. The maximum Gasteiger partial charge on any atom is 0.147 e. The third-order valence-corrected chi connectivity index (χ3v) is 3.86. The van der Waals surface area contributed by atoms with Crippen LogP contribution in [0, 0.1) is 0 Å². The van der Waals surface area contributed by atoms with Gasteiger partial charge in [0.15, 0.2) is 0 Å². The van der Waals surface area contributed by atoms with Crippen molar-refractivity contribution in [2.24, 2.45) is 0 Å². The standard InChI is InChI=1S/C16H19NO3S/c1-21(18,19)12-6-11-17-14-7-5-10-16(13-14)20-15-8-3-2-4-9-15/h2-5,7-10,13,17H,6,11-12H2,1H3. The van der Waals surface area contributed by atoms with Gasteiger partial charge in [-0.25, -0.2) is 8.42 Å². The van der Waals surface area contributed by atoms with Crippen LogP contribution >= 0.6 is 0 Å². The molecule has 0 bridgehead atoms. The molecule has 0 heterocycles. The lowest BCUT2D eigenvalue weighted by atomic mass is 10.3. The van der Waals surface area contributed by atoms with Crippen molar-refractivity contribution in [3.63, 3.8) is 0 Å². The molecule has 4 nitrogen and oxygen atoms in total. The molecule has 0 fully saturated rings. The number of sulfone groups is 1. The van der Waals surface area contributed by atoms with Crippen LogP contribution in [0.3, 0.4) is 0 Å². The molecule has 0 unspecified atom stereocenters. The predicted octanol–water partition coefficient (Wildman–Crippen LogP) is 3.33. The minimum atomic E-state index is -2.89. The van der Waals surface area contributed by atoms with Gasteiger partial charge < -0.3 is 10.1 Å². The average molecular weight is 305 g/mol. The largest absolute Gasteiger partial charge is 0.457 e. The molecule has 0 saturated heterocycles. The Bertz CT molecular complexity index is 669. The van der Waals surface area contributed by atoms with Crippen LogP contribution in [0.15, 0.2) is 54.6 Å². The molecule has 0 atom stereocenters. The van der Waals surface area contributed by atoms with Gasteiger partial charge >= 0.3 is 0 Å². The second-order valence-electron chi connectivity index (χ2n) is 4.85. The topological polar surface area (TPSA) is 55.4 Å². The Balaban J connectivity index is 1.89. The van der Waals surface area contributed by atoms with Gasteiger partial charge in [0.1, 0.15) is 21.3 Å². The van der Waals surface area contributed by atoms with Gasteiger partial charge in [0.25, 0.3) is 0 Å². The molecular weight excluding hydrogens is 286 g/mol. The van der Waals surface area contributed by atoms with E-state index < -0.39 is 9.84 Å². The fraction of sp³-hybridized carbons (Fsp3) is 0.250. The summed E-state index contributed by atoms with van der Waals surface area (Å²) in [7, 11) is -2.89. The molecule has 1 N–H and O–H groups in total. The second-order valence-corrected chi connectivity index (χ2v) is 7.11. The van der Waals surface area contributed by atoms with Crippen molar-refractivity contribution in [1.82, 2.24) is 0 Å². The van der Waals surface area contributed by atoms with Crippen LogP contribution in [0.25, 0.3) is 0 Å². The first-order valence-corrected chi connectivity index (χ1v) is 8.83. The third-order valence-electron chi connectivity index (χ3n) is 2.83. The summed E-state index contributed by atoms with van der Waals surface area (Å²) in [5.41, 5.74) is 0.914. The fourth-order valence-corrected chi connectivity index (χ4v) is 2.53. The highest BCUT2D eigenvalue weighted by Crippen LogP contribution is 2.23. The van der Waals surface area contributed by atoms with Gasteiger partial charge in [0.05, 0.1) is 5.75 Å². The average Bonchev–Trinajstić information content (AvgIpc) is 2.44. The van der Waals surface area contributed by atoms with Crippen molar-refractivity contribution in [2.75, 3.05) is 23.9 Å². The van der Waals surface area contributed by atoms with E-state index in [0.29, 0.717) is 13.0 Å². The number of nitrogens with one attached hydrogen (secondary N) is 1. The fourth-order valence-electron chi connectivity index (χ4n) is 1.86. The van der Waals surface area contributed by atoms with E-state index in [-0.39, 0.29) is 5.75 Å². The van der Waals surface area contributed by atoms with Crippen molar-refractivity contribution < 1.29 is 13.2 Å². The van der Waals surface area contributed by atoms with Gasteiger partial charge in [0.2, 0.25) is 0 Å². The van der Waals surface area contributed by atoms with E-state index in [1.807, 2.05) is 54.6 Å². The zero-order valence-corrected chi connectivity index (χ0v) is 12.8. The van der Waals surface area contributed by atoms with Crippen molar-refractivity contribution in [3.8, 4) is 11.5 Å². The monoisotopic (exact) mass is 305 g/mol. The van der Waals surface area contributed by atoms with Crippen LogP contribution in [0.5, 0.6) is 11.5 Å². The summed E-state index contributed by atoms with van der Waals surface area (Å²) in [6.45, 7) is 0.613. The highest BCUT2D eigenvalue weighted by molar-refractivity contribution is 7.90. The van der Waals surface area contributed by atoms with Crippen LogP contribution < -0.4 is 10.1 Å². The van der Waals surface area contributed by atoms with Crippen LogP contribution in [-0.2, 0) is 9.84 Å². The third kappa shape index (κ3) is 5.87. The molecule has 0 amide bonds. The van der Waals surface area contributed by atoms with Crippen LogP contribution in [0.4, 0.5) is 5.69 Å². The molecule has 0 aliphatic rings. The number of rotatable bonds is 7. The summed E-state index contributed by atoms with van der Waals surface area (Å²) in [4.78, 5) is 0. The maximum absolute atomic E-state index is 11.1. The van der Waals surface area contributed by atoms with E-state index in [2.05, 4.69) is 5.32 Å². The van der Waals surface area contributed by atoms with Gasteiger partial charge in [-0.1, -0.05) is 24.3 Å². The molecule has 0 aliphatic heterocycles. The Kier molecular flexibility index (Phi) is 5.22. The second kappa shape index (κ2) is 7.13. The normalized spacial score (nSPS) is 11.1. The van der Waals surface area contributed by atoms with Gasteiger partial charge in [-0.05, 0) is 30.7 Å². The molecule has 5 heteroatoms. The number of benzene rings is 2. The van der Waals surface area contributed by atoms with Crippen LogP contribution in [0.2, 0.25) is 0 Å². The number of para-hydroxylation sites is 1. The highest BCUT2D eigenvalue weighted by Gasteiger charge is 2.02. The van der Waals surface area contributed by atoms with Gasteiger partial charge in [0, 0.05) is 24.6 Å². The minimum absolute atomic E-state index is 0.195. The quantitative estimate of drug-likeness (QED) is 0.797. The van der Waals surface area contributed by atoms with Gasteiger partial charge in [-0.3, -0.25) is 0 Å². The molecule has 0 aliphatic carbocycles. The first-order chi connectivity index (χ1) is 10.0. The predicted molar refractivity (Wildman–Crippen MR) is 85.8 cm³/mol. The smallest absolute Gasteiger partial charge is 0.147 e. The van der Waals surface area contributed by atoms with Crippen LogP contribution in [-0.4, -0.2) is 27.0 Å². The number of anilines is 1. The maximum atomic E-state index is 11.1. The Morgan fingerprint density at radius 2 is 1.71 bits per heavy atom. The summed E-state index contributed by atoms with van der Waals surface area (Å²) in [6, 6.07) is 17.2. The first kappa shape index (κ1) is 15.4. The van der Waals surface area contributed by atoms with Crippen molar-refractivity contribution in [1.29, 1.82) is 0 Å². The number of ether oxygens (including phenoxy) is 1. The molecule has 0 aromatic heterocycles. The lowest BCUT2D eigenvalue weighted by molar-refractivity contribution is 0.483. The Labute approximate surface area is 125 Å². The molecule has 2 aromatic rings. The highest BCUT2D eigenvalue weighted by atomic mass is 32.2. The summed E-state index contributed by atoms with van der Waals surface area (Å²) in [6.07, 6.45) is 1.84. The van der Waals surface area contributed by atoms with Gasteiger partial charge in [-0.2, -0.15) is 0 Å². The van der Waals surface area contributed by atoms with Crippen molar-refractivity contribution in [3.05, 3.63) is 54.6 Å². The molecule has 2 rings (SSSR count). The molecule has 2 aromatic carbocycles. The molecular formula is C16H19NO3S. The van der Waals surface area contributed by atoms with Crippen LogP contribution in [0.1, 0.15) is 6.42 Å². The van der Waals surface area contributed by atoms with E-state index in [4.69, 9.17) is 4.74 Å². The first-order valence-electron chi connectivity index (χ1n) is 6.77. The van der Waals surface area contributed by atoms with Crippen molar-refractivity contribution >= 4 is 15.5 Å². The minimum Gasteiger partial charge on any atom is -0.457 e. The Morgan fingerprint density at radius 1 is 1.00 bits per heavy atom. The summed E-state index contributed by atoms with van der Waals surface area (Å²) in [5, 5.41) is 3.20. The van der Waals surface area contributed by atoms with E-state index in [9.17, 15) is 8.42 Å². The van der Waals surface area contributed by atoms with E-state index in [1.165, 1.54) is 6.26 Å². The zero-order valence-electron chi connectivity index (χ0n) is 12.0. The number of hydrogen-bond acceptors (Lipinski definition) is 4. The SMILES string of the molecule is CS(=O)(=O)CCCNc1cccc(Oc2ccccc2)c1. The molecule has 0 radical (unpaired) electrons. The summed E-state index contributed by atoms with van der Waals surface area (Å²) < 4.78 is 27.8. The van der Waals surface area contributed by atoms with Crippen molar-refractivity contribution in [2.45, 2.75) is 6.42 Å². The van der Waals surface area contributed by atoms with E-state index in [0.717, 1.165) is 17.2 Å². The number of hydrogen-bond donors (Lipinski definition) is 1. The molecule has 21 heavy (non-hydrogen) atoms. The van der Waals surface area contributed by atoms with Gasteiger partial charge in [-0.15, -0.1) is 0 Å².